The van der Waals surface area contributed by atoms with Gasteiger partial charge in [0.15, 0.2) is 6.10 Å². The number of nitrogens with zero attached hydrogens (tertiary/aromatic N) is 1. The van der Waals surface area contributed by atoms with Crippen LogP contribution in [0.15, 0.2) is 0 Å². The van der Waals surface area contributed by atoms with Crippen molar-refractivity contribution in [2.45, 2.75) is 82.9 Å². The molecule has 0 radical (unpaired) electrons. The smallest absolute Gasteiger partial charge is 0.327 e. The summed E-state index contributed by atoms with van der Waals surface area (Å²) in [6, 6.07) is -0.609. The first-order valence-corrected chi connectivity index (χ1v) is 10.8. The summed E-state index contributed by atoms with van der Waals surface area (Å²) in [7, 11) is 0. The van der Waals surface area contributed by atoms with Crippen LogP contribution in [-0.4, -0.2) is 52.4 Å². The van der Waals surface area contributed by atoms with E-state index < -0.39 is 36.1 Å². The number of carbonyl (C=O) groups excluding carboxylic acids is 4. The quantitative estimate of drug-likeness (QED) is 0.517. The molecule has 1 aliphatic heterocycles. The van der Waals surface area contributed by atoms with Gasteiger partial charge in [0.2, 0.25) is 0 Å². The summed E-state index contributed by atoms with van der Waals surface area (Å²) in [5, 5.41) is 5.78. The van der Waals surface area contributed by atoms with Crippen LogP contribution in [0.4, 0.5) is 4.79 Å². The minimum absolute atomic E-state index is 0.153. The third-order valence-corrected chi connectivity index (χ3v) is 7.44. The van der Waals surface area contributed by atoms with Gasteiger partial charge in [-0.05, 0) is 76.5 Å². The number of amides is 4. The van der Waals surface area contributed by atoms with Crippen molar-refractivity contribution in [1.82, 2.24) is 15.5 Å². The molecule has 5 rings (SSSR count). The van der Waals surface area contributed by atoms with Crippen molar-refractivity contribution in [1.29, 1.82) is 0 Å². The van der Waals surface area contributed by atoms with Crippen LogP contribution >= 0.6 is 0 Å². The lowest BCUT2D eigenvalue weighted by atomic mass is 9.53. The van der Waals surface area contributed by atoms with Gasteiger partial charge >= 0.3 is 12.0 Å². The number of rotatable bonds is 6. The normalized spacial score (nSPS) is 38.7. The molecule has 4 saturated carbocycles. The topological polar surface area (TPSA) is 105 Å². The zero-order valence-corrected chi connectivity index (χ0v) is 17.5. The number of carbonyl (C=O) groups is 4. The van der Waals surface area contributed by atoms with Crippen molar-refractivity contribution >= 4 is 23.8 Å². The maximum absolute atomic E-state index is 12.7. The summed E-state index contributed by atoms with van der Waals surface area (Å²) in [6.45, 7) is 4.46. The van der Waals surface area contributed by atoms with E-state index in [1.165, 1.54) is 26.2 Å². The standard InChI is InChI=1S/C21H31N3O5/c1-4-20(3)18(27)24(19(28)23-20)11-16(25)29-12(2)17(26)22-21-8-13-5-14(9-21)7-15(6-13)10-21/h12-15H,4-11H2,1-3H3,(H,22,26)(H,23,28)/t12-,13?,14?,15?,20+,21?/m1/s1. The molecule has 4 aliphatic carbocycles. The van der Waals surface area contributed by atoms with E-state index in [1.807, 2.05) is 0 Å². The molecule has 0 aromatic rings. The summed E-state index contributed by atoms with van der Waals surface area (Å²) in [5.41, 5.74) is -1.15. The van der Waals surface area contributed by atoms with Crippen LogP contribution in [0.5, 0.6) is 0 Å². The summed E-state index contributed by atoms with van der Waals surface area (Å²) in [4.78, 5) is 50.3. The van der Waals surface area contributed by atoms with Gasteiger partial charge in [-0.15, -0.1) is 0 Å². The molecular weight excluding hydrogens is 374 g/mol. The van der Waals surface area contributed by atoms with Crippen LogP contribution in [0.25, 0.3) is 0 Å². The van der Waals surface area contributed by atoms with E-state index in [4.69, 9.17) is 4.74 Å². The van der Waals surface area contributed by atoms with Crippen LogP contribution in [0.1, 0.15) is 65.7 Å². The van der Waals surface area contributed by atoms with Gasteiger partial charge in [0.05, 0.1) is 0 Å². The average Bonchev–Trinajstić information content (AvgIpc) is 2.84. The van der Waals surface area contributed by atoms with Crippen LogP contribution in [-0.2, 0) is 19.1 Å². The maximum atomic E-state index is 12.7. The summed E-state index contributed by atoms with van der Waals surface area (Å²) < 4.78 is 5.26. The molecule has 1 heterocycles. The highest BCUT2D eigenvalue weighted by Gasteiger charge is 2.52. The highest BCUT2D eigenvalue weighted by molar-refractivity contribution is 6.08. The van der Waals surface area contributed by atoms with Gasteiger partial charge in [-0.3, -0.25) is 19.3 Å². The van der Waals surface area contributed by atoms with Crippen molar-refractivity contribution in [2.24, 2.45) is 17.8 Å². The van der Waals surface area contributed by atoms with Crippen molar-refractivity contribution in [3.05, 3.63) is 0 Å². The third kappa shape index (κ3) is 3.62. The number of ether oxygens (including phenoxy) is 1. The largest absolute Gasteiger partial charge is 0.451 e. The Morgan fingerprint density at radius 1 is 1.17 bits per heavy atom. The first kappa shape index (κ1) is 20.2. The predicted molar refractivity (Wildman–Crippen MR) is 104 cm³/mol. The summed E-state index contributed by atoms with van der Waals surface area (Å²) in [6.07, 6.45) is 6.35. The molecular formula is C21H31N3O5. The first-order valence-electron chi connectivity index (χ1n) is 10.8. The Balaban J connectivity index is 1.32. The van der Waals surface area contributed by atoms with E-state index in [1.54, 1.807) is 13.8 Å². The molecule has 29 heavy (non-hydrogen) atoms. The monoisotopic (exact) mass is 405 g/mol. The lowest BCUT2D eigenvalue weighted by Gasteiger charge is -2.57. The van der Waals surface area contributed by atoms with Crippen molar-refractivity contribution in [3.8, 4) is 0 Å². The Morgan fingerprint density at radius 2 is 1.72 bits per heavy atom. The summed E-state index contributed by atoms with van der Waals surface area (Å²) >= 11 is 0. The summed E-state index contributed by atoms with van der Waals surface area (Å²) in [5.74, 6) is 0.594. The van der Waals surface area contributed by atoms with Crippen LogP contribution in [0.3, 0.4) is 0 Å². The van der Waals surface area contributed by atoms with E-state index in [2.05, 4.69) is 10.6 Å². The Bertz CT molecular complexity index is 715. The fraction of sp³-hybridized carbons (Fsp3) is 0.810. The van der Waals surface area contributed by atoms with Gasteiger partial charge in [0, 0.05) is 5.54 Å². The highest BCUT2D eigenvalue weighted by atomic mass is 16.5. The molecule has 4 bridgehead atoms. The minimum Gasteiger partial charge on any atom is -0.451 e. The number of imide groups is 1. The molecule has 5 fully saturated rings. The lowest BCUT2D eigenvalue weighted by Crippen LogP contribution is -2.61. The fourth-order valence-electron chi connectivity index (χ4n) is 6.17. The molecule has 5 aliphatic rings. The van der Waals surface area contributed by atoms with E-state index >= 15 is 0 Å². The van der Waals surface area contributed by atoms with Crippen LogP contribution in [0.2, 0.25) is 0 Å². The minimum atomic E-state index is -1.00. The molecule has 4 amide bonds. The fourth-order valence-corrected chi connectivity index (χ4v) is 6.17. The van der Waals surface area contributed by atoms with Gasteiger partial charge in [-0.2, -0.15) is 0 Å². The number of urea groups is 1. The van der Waals surface area contributed by atoms with Gasteiger partial charge < -0.3 is 15.4 Å². The van der Waals surface area contributed by atoms with E-state index in [9.17, 15) is 19.2 Å². The Kier molecular flexibility index (Phi) is 4.86. The second-order valence-electron chi connectivity index (χ2n) is 9.83. The maximum Gasteiger partial charge on any atom is 0.327 e. The highest BCUT2D eigenvalue weighted by Crippen LogP contribution is 2.55. The van der Waals surface area contributed by atoms with E-state index in [0.29, 0.717) is 24.2 Å². The van der Waals surface area contributed by atoms with Gasteiger partial charge in [-0.25, -0.2) is 4.79 Å². The second-order valence-corrected chi connectivity index (χ2v) is 9.83. The lowest BCUT2D eigenvalue weighted by molar-refractivity contribution is -0.158. The molecule has 2 atom stereocenters. The second kappa shape index (κ2) is 6.99. The van der Waals surface area contributed by atoms with Gasteiger partial charge in [0.1, 0.15) is 12.1 Å². The van der Waals surface area contributed by atoms with E-state index in [0.717, 1.165) is 24.2 Å². The molecule has 0 spiro atoms. The van der Waals surface area contributed by atoms with Crippen molar-refractivity contribution in [3.63, 3.8) is 0 Å². The predicted octanol–water partition coefficient (Wildman–Crippen LogP) is 1.72. The molecule has 8 heteroatoms. The molecule has 0 unspecified atom stereocenters. The SMILES string of the molecule is CC[C@]1(C)NC(=O)N(CC(=O)O[C@H](C)C(=O)NC23CC4CC(CC(C4)C2)C3)C1=O. The number of hydrogen-bond acceptors (Lipinski definition) is 5. The number of esters is 1. The molecule has 8 nitrogen and oxygen atoms in total. The van der Waals surface area contributed by atoms with E-state index in [-0.39, 0.29) is 11.4 Å². The Hall–Kier alpha value is -2.12. The number of nitrogens with one attached hydrogen (secondary N) is 2. The molecule has 0 aromatic carbocycles. The van der Waals surface area contributed by atoms with Crippen LogP contribution in [0, 0.1) is 17.8 Å². The molecule has 0 aromatic heterocycles. The van der Waals surface area contributed by atoms with Gasteiger partial charge in [0.25, 0.3) is 11.8 Å². The zero-order chi connectivity index (χ0) is 21.0. The molecule has 160 valence electrons. The van der Waals surface area contributed by atoms with Crippen LogP contribution < -0.4 is 10.6 Å². The Morgan fingerprint density at radius 3 is 2.21 bits per heavy atom. The zero-order valence-electron chi connectivity index (χ0n) is 17.5. The van der Waals surface area contributed by atoms with Crippen molar-refractivity contribution in [2.75, 3.05) is 6.54 Å². The number of hydrogen-bond donors (Lipinski definition) is 2. The molecule has 2 N–H and O–H groups in total. The average molecular weight is 405 g/mol. The molecule has 1 saturated heterocycles. The van der Waals surface area contributed by atoms with Crippen molar-refractivity contribution < 1.29 is 23.9 Å². The van der Waals surface area contributed by atoms with Gasteiger partial charge in [-0.1, -0.05) is 6.92 Å². The Labute approximate surface area is 171 Å². The third-order valence-electron chi connectivity index (χ3n) is 7.44. The first-order chi connectivity index (χ1) is 13.6.